The van der Waals surface area contributed by atoms with Crippen LogP contribution in [0, 0.1) is 0 Å². The molecule has 2 rings (SSSR count). The molecule has 2 amide bonds. The second-order valence-corrected chi connectivity index (χ2v) is 9.85. The third-order valence-electron chi connectivity index (χ3n) is 4.77. The summed E-state index contributed by atoms with van der Waals surface area (Å²) in [5.74, 6) is -0.0472. The molecule has 12 nitrogen and oxygen atoms in total. The van der Waals surface area contributed by atoms with Crippen molar-refractivity contribution in [2.24, 2.45) is 0 Å². The molecule has 3 N–H and O–H groups in total. The van der Waals surface area contributed by atoms with E-state index in [1.807, 2.05) is 0 Å². The first-order chi connectivity index (χ1) is 18.8. The maximum atomic E-state index is 13.0. The van der Waals surface area contributed by atoms with Crippen molar-refractivity contribution in [1.29, 1.82) is 0 Å². The number of nitrogens with zero attached hydrogens (tertiary/aromatic N) is 1. The van der Waals surface area contributed by atoms with E-state index < -0.39 is 28.0 Å². The molecule has 40 heavy (non-hydrogen) atoms. The maximum absolute atomic E-state index is 13.0. The van der Waals surface area contributed by atoms with Gasteiger partial charge in [-0.05, 0) is 30.5 Å². The molecule has 222 valence electrons. The molecule has 0 saturated heterocycles. The van der Waals surface area contributed by atoms with Crippen LogP contribution in [0.2, 0.25) is 5.02 Å². The summed E-state index contributed by atoms with van der Waals surface area (Å²) in [6, 6.07) is 5.45. The van der Waals surface area contributed by atoms with Crippen molar-refractivity contribution >= 4 is 33.8 Å². The van der Waals surface area contributed by atoms with Crippen molar-refractivity contribution in [3.8, 4) is 17.4 Å². The van der Waals surface area contributed by atoms with Crippen LogP contribution in [0.5, 0.6) is 17.4 Å². The first-order valence-electron chi connectivity index (χ1n) is 11.6. The van der Waals surface area contributed by atoms with Gasteiger partial charge in [0, 0.05) is 39.4 Å². The molecule has 1 aromatic carbocycles. The maximum Gasteiger partial charge on any atom is 0.421 e. The van der Waals surface area contributed by atoms with Crippen molar-refractivity contribution < 1.29 is 50.1 Å². The number of alkyl halides is 3. The molecule has 0 radical (unpaired) electrons. The van der Waals surface area contributed by atoms with Crippen molar-refractivity contribution in [3.05, 3.63) is 46.6 Å². The number of amides is 2. The van der Waals surface area contributed by atoms with Crippen LogP contribution in [-0.4, -0.2) is 65.4 Å². The minimum Gasteiger partial charge on any atom is -0.491 e. The van der Waals surface area contributed by atoms with Crippen LogP contribution in [0.1, 0.15) is 24.5 Å². The number of aromatic nitrogens is 1. The number of pyridine rings is 1. The zero-order valence-corrected chi connectivity index (χ0v) is 23.0. The van der Waals surface area contributed by atoms with Crippen LogP contribution in [-0.2, 0) is 37.1 Å². The highest BCUT2D eigenvalue weighted by Gasteiger charge is 2.32. The summed E-state index contributed by atoms with van der Waals surface area (Å²) in [6.45, 7) is 1.50. The molecule has 0 aliphatic heterocycles. The second kappa shape index (κ2) is 15.4. The number of methoxy groups -OCH3 is 1. The number of rotatable bonds is 15. The van der Waals surface area contributed by atoms with Crippen LogP contribution in [0.4, 0.5) is 18.0 Å². The van der Waals surface area contributed by atoms with Crippen LogP contribution in [0.15, 0.2) is 30.5 Å². The predicted molar refractivity (Wildman–Crippen MR) is 137 cm³/mol. The fraction of sp³-hybridized carbons (Fsp3) is 0.435. The number of nitrogens with one attached hydrogen (secondary N) is 3. The van der Waals surface area contributed by atoms with Gasteiger partial charge in [-0.25, -0.2) is 14.5 Å². The Balaban J connectivity index is 2.01. The summed E-state index contributed by atoms with van der Waals surface area (Å²) < 4.78 is 87.4. The first kappa shape index (κ1) is 32.9. The van der Waals surface area contributed by atoms with Gasteiger partial charge in [0.25, 0.3) is 0 Å². The molecule has 0 unspecified atom stereocenters. The SMILES string of the molecule is COCCOc1ccc(CCCOC(=O)NS(=O)(=O)NCCNC(C)=O)c(Oc2ncc(C(F)(F)F)cc2Cl)c1. The van der Waals surface area contributed by atoms with Gasteiger partial charge in [0.1, 0.15) is 23.1 Å². The summed E-state index contributed by atoms with van der Waals surface area (Å²) >= 11 is 5.98. The van der Waals surface area contributed by atoms with E-state index in [1.54, 1.807) is 16.9 Å². The molecular formula is C23H28ClF3N4O8S. The molecule has 0 saturated carbocycles. The minimum atomic E-state index is -4.64. The molecule has 0 bridgehead atoms. The first-order valence-corrected chi connectivity index (χ1v) is 13.5. The summed E-state index contributed by atoms with van der Waals surface area (Å²) in [4.78, 5) is 26.3. The largest absolute Gasteiger partial charge is 0.491 e. The van der Waals surface area contributed by atoms with Crippen LogP contribution < -0.4 is 24.2 Å². The zero-order valence-electron chi connectivity index (χ0n) is 21.5. The van der Waals surface area contributed by atoms with E-state index in [2.05, 4.69) is 15.0 Å². The summed E-state index contributed by atoms with van der Waals surface area (Å²) in [5, 5.41) is 2.02. The van der Waals surface area contributed by atoms with Crippen molar-refractivity contribution in [2.45, 2.75) is 25.9 Å². The Hall–Kier alpha value is -3.34. The lowest BCUT2D eigenvalue weighted by atomic mass is 10.1. The molecule has 2 aromatic rings. The third kappa shape index (κ3) is 11.8. The van der Waals surface area contributed by atoms with Gasteiger partial charge in [0.15, 0.2) is 0 Å². The average Bonchev–Trinajstić information content (AvgIpc) is 2.86. The van der Waals surface area contributed by atoms with Gasteiger partial charge in [-0.15, -0.1) is 0 Å². The number of halogens is 4. The number of carbonyl (C=O) groups excluding carboxylic acids is 2. The van der Waals surface area contributed by atoms with Gasteiger partial charge in [-0.1, -0.05) is 17.7 Å². The minimum absolute atomic E-state index is 0.0269. The topological polar surface area (TPSA) is 154 Å². The highest BCUT2D eigenvalue weighted by Crippen LogP contribution is 2.36. The van der Waals surface area contributed by atoms with E-state index in [4.69, 9.17) is 30.5 Å². The van der Waals surface area contributed by atoms with Crippen molar-refractivity contribution in [1.82, 2.24) is 19.7 Å². The lowest BCUT2D eigenvalue weighted by Gasteiger charge is -2.15. The molecule has 17 heteroatoms. The normalized spacial score (nSPS) is 11.6. The fourth-order valence-corrected chi connectivity index (χ4v) is 3.88. The summed E-state index contributed by atoms with van der Waals surface area (Å²) in [7, 11) is -2.70. The molecule has 1 aromatic heterocycles. The Morgan fingerprint density at radius 1 is 1.10 bits per heavy atom. The molecule has 0 aliphatic carbocycles. The Morgan fingerprint density at radius 2 is 1.85 bits per heavy atom. The monoisotopic (exact) mass is 612 g/mol. The lowest BCUT2D eigenvalue weighted by Crippen LogP contribution is -2.43. The molecule has 1 heterocycles. The summed E-state index contributed by atoms with van der Waals surface area (Å²) in [5.41, 5.74) is -0.491. The van der Waals surface area contributed by atoms with Crippen molar-refractivity contribution in [2.75, 3.05) is 40.0 Å². The van der Waals surface area contributed by atoms with Crippen LogP contribution in [0.3, 0.4) is 0 Å². The number of aryl methyl sites for hydroxylation is 1. The molecule has 0 fully saturated rings. The highest BCUT2D eigenvalue weighted by atomic mass is 35.5. The van der Waals surface area contributed by atoms with Crippen LogP contribution >= 0.6 is 11.6 Å². The Morgan fingerprint density at radius 3 is 2.50 bits per heavy atom. The Bertz CT molecular complexity index is 1270. The van der Waals surface area contributed by atoms with Crippen molar-refractivity contribution in [3.63, 3.8) is 0 Å². The van der Waals surface area contributed by atoms with E-state index in [0.29, 0.717) is 30.2 Å². The molecule has 0 atom stereocenters. The van der Waals surface area contributed by atoms with Gasteiger partial charge in [-0.2, -0.15) is 26.3 Å². The number of hydrogen-bond donors (Lipinski definition) is 3. The second-order valence-electron chi connectivity index (χ2n) is 7.94. The number of ether oxygens (including phenoxy) is 4. The number of carbonyl (C=O) groups is 2. The smallest absolute Gasteiger partial charge is 0.421 e. The highest BCUT2D eigenvalue weighted by molar-refractivity contribution is 7.88. The molecule has 0 aliphatic rings. The van der Waals surface area contributed by atoms with Gasteiger partial charge in [0.2, 0.25) is 11.8 Å². The lowest BCUT2D eigenvalue weighted by molar-refractivity contribution is -0.137. The molecule has 0 spiro atoms. The standard InChI is InChI=1S/C23H28ClF3N4O8S/c1-15(32)28-7-8-30-40(34,35)31-22(33)38-9-3-4-16-5-6-18(37-11-10-36-2)13-20(16)39-21-19(24)12-17(14-29-21)23(25,26)27/h5-6,12-14,30H,3-4,7-11H2,1-2H3,(H,28,32)(H,31,33). The molecular weight excluding hydrogens is 585 g/mol. The van der Waals surface area contributed by atoms with Gasteiger partial charge in [-0.3, -0.25) is 4.79 Å². The van der Waals surface area contributed by atoms with E-state index in [1.165, 1.54) is 20.1 Å². The van der Waals surface area contributed by atoms with Gasteiger partial charge >= 0.3 is 22.5 Å². The number of benzene rings is 1. The Kier molecular flexibility index (Phi) is 12.7. The predicted octanol–water partition coefficient (Wildman–Crippen LogP) is 3.20. The zero-order chi connectivity index (χ0) is 29.8. The summed E-state index contributed by atoms with van der Waals surface area (Å²) in [6.07, 6.45) is -4.79. The van der Waals surface area contributed by atoms with E-state index in [0.717, 1.165) is 0 Å². The van der Waals surface area contributed by atoms with E-state index >= 15 is 0 Å². The fourth-order valence-electron chi connectivity index (χ4n) is 2.96. The van der Waals surface area contributed by atoms with Gasteiger partial charge in [0.05, 0.1) is 18.8 Å². The Labute approximate surface area is 233 Å². The third-order valence-corrected chi connectivity index (χ3v) is 6.06. The van der Waals surface area contributed by atoms with E-state index in [9.17, 15) is 31.2 Å². The van der Waals surface area contributed by atoms with E-state index in [-0.39, 0.29) is 61.7 Å². The quantitative estimate of drug-likeness (QED) is 0.257. The van der Waals surface area contributed by atoms with Gasteiger partial charge < -0.3 is 24.3 Å². The van der Waals surface area contributed by atoms with Crippen LogP contribution in [0.25, 0.3) is 0 Å². The average molecular weight is 613 g/mol. The number of hydrogen-bond acceptors (Lipinski definition) is 9.